The van der Waals surface area contributed by atoms with Crippen LogP contribution in [-0.4, -0.2) is 180 Å². The van der Waals surface area contributed by atoms with Crippen LogP contribution in [0, 0.1) is 44.3 Å². The van der Waals surface area contributed by atoms with Crippen molar-refractivity contribution in [1.29, 1.82) is 0 Å². The Morgan fingerprint density at radius 3 is 1.98 bits per heavy atom. The molecule has 0 radical (unpaired) electrons. The molecular weight excluding hydrogens is 837 g/mol. The van der Waals surface area contributed by atoms with Gasteiger partial charge in [0.15, 0.2) is 18.9 Å². The molecule has 8 aliphatic rings. The van der Waals surface area contributed by atoms with Crippen LogP contribution in [0.4, 0.5) is 0 Å². The van der Waals surface area contributed by atoms with E-state index in [4.69, 9.17) is 28.4 Å². The van der Waals surface area contributed by atoms with E-state index in [1.165, 1.54) is 5.57 Å². The molecule has 64 heavy (non-hydrogen) atoms. The third-order valence-corrected chi connectivity index (χ3v) is 18.6. The topological polar surface area (TPSA) is 278 Å². The van der Waals surface area contributed by atoms with E-state index in [1.54, 1.807) is 6.92 Å². The summed E-state index contributed by atoms with van der Waals surface area (Å²) in [4.78, 5) is 0. The fourth-order valence-corrected chi connectivity index (χ4v) is 14.2. The monoisotopic (exact) mass is 913 g/mol. The molecule has 0 bridgehead atoms. The SMILES string of the molecule is C[C@H]1O[C@@H](O[C@H]2CC[C@]3(C)[C@H]4C=CC5=C6CC(C)(C)[C@@H](O)C[C@]6(CO)[C@H](O)C[C@@]5(C)[C@]4(C)CC[C@H]3C2(C)C)[C@H](O[C@@H]2O[C@H](CO)[C@@H](O)[C@H](O)[C@H]2O[C@@H]2OC[C@@H](O)[C@H](O)[C@H]2O)[C@@H](O)[C@H]1O. The Hall–Kier alpha value is -1.20. The average Bonchev–Trinajstić information content (AvgIpc) is 3.23. The molecule has 0 aromatic carbocycles. The Morgan fingerprint density at radius 1 is 0.688 bits per heavy atom. The molecule has 0 spiro atoms. The van der Waals surface area contributed by atoms with E-state index >= 15 is 0 Å². The van der Waals surface area contributed by atoms with Crippen molar-refractivity contribution >= 4 is 0 Å². The maximum Gasteiger partial charge on any atom is 0.187 e. The first kappa shape index (κ1) is 49.2. The van der Waals surface area contributed by atoms with Crippen LogP contribution in [0.5, 0.6) is 0 Å². The molecule has 17 nitrogen and oxygen atoms in total. The molecule has 17 heteroatoms. The molecule has 6 fully saturated rings. The smallest absolute Gasteiger partial charge is 0.187 e. The third kappa shape index (κ3) is 7.37. The molecule has 0 amide bonds. The molecular formula is C47H76O17. The lowest BCUT2D eigenvalue weighted by Crippen LogP contribution is -2.67. The normalized spacial score (nSPS) is 54.6. The first-order chi connectivity index (χ1) is 29.8. The van der Waals surface area contributed by atoms with Gasteiger partial charge in [0.25, 0.3) is 0 Å². The minimum atomic E-state index is -1.80. The molecule has 366 valence electrons. The number of rotatable bonds is 8. The summed E-state index contributed by atoms with van der Waals surface area (Å²) in [5, 5.41) is 120. The lowest BCUT2D eigenvalue weighted by Gasteiger charge is -2.70. The van der Waals surface area contributed by atoms with Gasteiger partial charge in [-0.25, -0.2) is 0 Å². The third-order valence-electron chi connectivity index (χ3n) is 18.6. The quantitative estimate of drug-likeness (QED) is 0.145. The van der Waals surface area contributed by atoms with Crippen LogP contribution in [0.15, 0.2) is 23.3 Å². The highest BCUT2D eigenvalue weighted by Crippen LogP contribution is 2.74. The number of aliphatic hydroxyl groups excluding tert-OH is 11. The summed E-state index contributed by atoms with van der Waals surface area (Å²) in [6.07, 6.45) is -14.1. The van der Waals surface area contributed by atoms with Gasteiger partial charge in [-0.2, -0.15) is 0 Å². The van der Waals surface area contributed by atoms with Gasteiger partial charge in [0.2, 0.25) is 0 Å². The van der Waals surface area contributed by atoms with Gasteiger partial charge >= 0.3 is 0 Å². The number of aliphatic hydroxyl groups is 11. The summed E-state index contributed by atoms with van der Waals surface area (Å²) >= 11 is 0. The number of hydrogen-bond acceptors (Lipinski definition) is 17. The van der Waals surface area contributed by atoms with Crippen LogP contribution in [0.1, 0.15) is 100 Å². The second-order valence-electron chi connectivity index (χ2n) is 22.8. The molecule has 3 aliphatic heterocycles. The molecule has 3 heterocycles. The lowest BCUT2D eigenvalue weighted by atomic mass is 9.35. The maximum absolute atomic E-state index is 12.1. The van der Waals surface area contributed by atoms with Crippen LogP contribution < -0.4 is 0 Å². The van der Waals surface area contributed by atoms with Gasteiger partial charge in [-0.05, 0) is 90.9 Å². The highest BCUT2D eigenvalue weighted by atomic mass is 16.8. The van der Waals surface area contributed by atoms with Crippen molar-refractivity contribution in [3.05, 3.63) is 23.3 Å². The second kappa shape index (κ2) is 17.0. The van der Waals surface area contributed by atoms with Gasteiger partial charge in [-0.15, -0.1) is 0 Å². The molecule has 0 aromatic heterocycles. The molecule has 8 rings (SSSR count). The Kier molecular flexibility index (Phi) is 13.1. The highest BCUT2D eigenvalue weighted by molar-refractivity contribution is 5.47. The zero-order valence-corrected chi connectivity index (χ0v) is 38.6. The summed E-state index contributed by atoms with van der Waals surface area (Å²) in [5.41, 5.74) is -0.365. The lowest BCUT2D eigenvalue weighted by molar-refractivity contribution is -0.393. The summed E-state index contributed by atoms with van der Waals surface area (Å²) in [6.45, 7) is 15.8. The van der Waals surface area contributed by atoms with Gasteiger partial charge in [-0.3, -0.25) is 0 Å². The van der Waals surface area contributed by atoms with Gasteiger partial charge < -0.3 is 84.6 Å². The molecule has 23 atom stereocenters. The summed E-state index contributed by atoms with van der Waals surface area (Å²) in [7, 11) is 0. The van der Waals surface area contributed by atoms with Gasteiger partial charge in [0.05, 0.1) is 44.2 Å². The standard InChI is InChI=1S/C47H76O17/c1-21-31(53)34(56)37(64-41-38(35(57)33(55)25(18-48)61-41)63-39-36(58)32(54)24(50)19-59-39)40(60-21)62-30-12-13-44(6)26(43(30,4)5)11-14-45(7)27(44)10-9-22-23-15-42(2,3)28(51)17-47(23,20-49)29(52)16-46(22,45)8/h9-10,21,24-41,48-58H,11-20H2,1-8H3/t21-,24-,25-,26+,27-,28+,29-,30+,31+,32+,33-,34+,35+,36-,37-,38-,39+,40+,41+,44+,45-,46-,47-/m1/s1. The fraction of sp³-hybridized carbons (Fsp3) is 0.915. The molecule has 3 saturated carbocycles. The molecule has 11 N–H and O–H groups in total. The van der Waals surface area contributed by atoms with Crippen LogP contribution >= 0.6 is 0 Å². The Morgan fingerprint density at radius 2 is 1.33 bits per heavy atom. The van der Waals surface area contributed by atoms with Crippen LogP contribution in [0.3, 0.4) is 0 Å². The number of allylic oxidation sites excluding steroid dienone is 3. The van der Waals surface area contributed by atoms with E-state index in [1.807, 2.05) is 0 Å². The van der Waals surface area contributed by atoms with Crippen LogP contribution in [0.2, 0.25) is 0 Å². The number of fused-ring (bicyclic) bond motifs is 6. The Bertz CT molecular complexity index is 1770. The molecule has 3 saturated heterocycles. The minimum absolute atomic E-state index is 0.126. The fourth-order valence-electron chi connectivity index (χ4n) is 14.2. The van der Waals surface area contributed by atoms with Gasteiger partial charge in [0, 0.05) is 10.8 Å². The van der Waals surface area contributed by atoms with Crippen molar-refractivity contribution < 1.29 is 84.6 Å². The van der Waals surface area contributed by atoms with Crippen molar-refractivity contribution in [2.24, 2.45) is 44.3 Å². The first-order valence-corrected chi connectivity index (χ1v) is 23.5. The van der Waals surface area contributed by atoms with E-state index in [0.29, 0.717) is 25.7 Å². The summed E-state index contributed by atoms with van der Waals surface area (Å²) in [6, 6.07) is 0. The maximum atomic E-state index is 12.1. The predicted octanol–water partition coefficient (Wildman–Crippen LogP) is 0.142. The molecule has 5 aliphatic carbocycles. The minimum Gasteiger partial charge on any atom is -0.395 e. The van der Waals surface area contributed by atoms with Crippen molar-refractivity contribution in [3.8, 4) is 0 Å². The van der Waals surface area contributed by atoms with Crippen LogP contribution in [0.25, 0.3) is 0 Å². The van der Waals surface area contributed by atoms with E-state index < -0.39 is 139 Å². The number of hydrogen-bond donors (Lipinski definition) is 11. The summed E-state index contributed by atoms with van der Waals surface area (Å²) in [5.74, 6) is 0.266. The Balaban J connectivity index is 1.06. The molecule has 0 unspecified atom stereocenters. The zero-order valence-electron chi connectivity index (χ0n) is 38.6. The van der Waals surface area contributed by atoms with Gasteiger partial charge in [0.1, 0.15) is 61.0 Å². The molecule has 0 aromatic rings. The summed E-state index contributed by atoms with van der Waals surface area (Å²) < 4.78 is 36.6. The predicted molar refractivity (Wildman–Crippen MR) is 225 cm³/mol. The Labute approximate surface area is 376 Å². The van der Waals surface area contributed by atoms with Gasteiger partial charge in [-0.1, -0.05) is 66.2 Å². The highest BCUT2D eigenvalue weighted by Gasteiger charge is 2.69. The second-order valence-corrected chi connectivity index (χ2v) is 22.8. The van der Waals surface area contributed by atoms with E-state index in [9.17, 15) is 56.2 Å². The first-order valence-electron chi connectivity index (χ1n) is 23.5. The van der Waals surface area contributed by atoms with Crippen molar-refractivity contribution in [3.63, 3.8) is 0 Å². The number of ether oxygens (including phenoxy) is 6. The van der Waals surface area contributed by atoms with Crippen molar-refractivity contribution in [2.75, 3.05) is 19.8 Å². The van der Waals surface area contributed by atoms with Crippen molar-refractivity contribution in [2.45, 2.75) is 205 Å². The van der Waals surface area contributed by atoms with E-state index in [2.05, 4.69) is 60.6 Å². The van der Waals surface area contributed by atoms with E-state index in [-0.39, 0.29) is 29.3 Å². The van der Waals surface area contributed by atoms with Crippen LogP contribution in [-0.2, 0) is 28.4 Å². The van der Waals surface area contributed by atoms with Crippen molar-refractivity contribution in [1.82, 2.24) is 0 Å². The largest absolute Gasteiger partial charge is 0.395 e. The van der Waals surface area contributed by atoms with E-state index in [0.717, 1.165) is 24.8 Å². The zero-order chi connectivity index (χ0) is 46.9. The average molecular weight is 913 g/mol.